The second kappa shape index (κ2) is 5.43. The zero-order valence-corrected chi connectivity index (χ0v) is 10.2. The molecule has 1 aliphatic heterocycles. The van der Waals surface area contributed by atoms with E-state index in [9.17, 15) is 4.79 Å². The van der Waals surface area contributed by atoms with E-state index in [0.717, 1.165) is 25.2 Å². The monoisotopic (exact) mass is 233 g/mol. The smallest absolute Gasteiger partial charge is 0.138 e. The molecule has 1 fully saturated rings. The first kappa shape index (κ1) is 12.3. The Morgan fingerprint density at radius 1 is 1.29 bits per heavy atom. The summed E-state index contributed by atoms with van der Waals surface area (Å²) < 4.78 is 0. The normalized spacial score (nSPS) is 21.8. The first-order valence-electron chi connectivity index (χ1n) is 6.13. The molecule has 17 heavy (non-hydrogen) atoms. The van der Waals surface area contributed by atoms with E-state index in [-0.39, 0.29) is 12.5 Å². The number of ketones is 1. The average Bonchev–Trinajstić information content (AvgIpc) is 2.35. The van der Waals surface area contributed by atoms with Gasteiger partial charge in [-0.15, -0.1) is 0 Å². The van der Waals surface area contributed by atoms with Crippen LogP contribution in [0, 0.1) is 5.92 Å². The number of hydrogen-bond donors (Lipinski definition) is 1. The highest BCUT2D eigenvalue weighted by Crippen LogP contribution is 2.15. The molecular weight excluding hydrogens is 214 g/mol. The summed E-state index contributed by atoms with van der Waals surface area (Å²) in [5.41, 5.74) is 2.18. The summed E-state index contributed by atoms with van der Waals surface area (Å²) in [5, 5.41) is 8.97. The second-order valence-electron chi connectivity index (χ2n) is 4.83. The zero-order valence-electron chi connectivity index (χ0n) is 10.2. The molecule has 1 saturated heterocycles. The van der Waals surface area contributed by atoms with Gasteiger partial charge in [-0.2, -0.15) is 0 Å². The molecule has 1 aromatic rings. The molecule has 0 aromatic heterocycles. The van der Waals surface area contributed by atoms with Gasteiger partial charge >= 0.3 is 0 Å². The van der Waals surface area contributed by atoms with Crippen molar-refractivity contribution in [2.45, 2.75) is 26.5 Å². The highest BCUT2D eigenvalue weighted by molar-refractivity contribution is 5.81. The Kier molecular flexibility index (Phi) is 3.92. The predicted molar refractivity (Wildman–Crippen MR) is 66.4 cm³/mol. The van der Waals surface area contributed by atoms with Crippen LogP contribution in [0.15, 0.2) is 24.3 Å². The largest absolute Gasteiger partial charge is 0.392 e. The van der Waals surface area contributed by atoms with E-state index in [1.54, 1.807) is 0 Å². The fraction of sp³-hybridized carbons (Fsp3) is 0.500. The fourth-order valence-corrected chi connectivity index (χ4v) is 2.25. The summed E-state index contributed by atoms with van der Waals surface area (Å²) in [6.45, 7) is 4.72. The van der Waals surface area contributed by atoms with Gasteiger partial charge in [0, 0.05) is 32.0 Å². The van der Waals surface area contributed by atoms with Gasteiger partial charge in [-0.3, -0.25) is 9.69 Å². The quantitative estimate of drug-likeness (QED) is 0.862. The number of likely N-dealkylation sites (tertiary alicyclic amines) is 1. The van der Waals surface area contributed by atoms with Crippen molar-refractivity contribution in [1.82, 2.24) is 4.90 Å². The average molecular weight is 233 g/mol. The van der Waals surface area contributed by atoms with Crippen molar-refractivity contribution in [3.8, 4) is 0 Å². The van der Waals surface area contributed by atoms with Crippen LogP contribution in [0.4, 0.5) is 0 Å². The second-order valence-corrected chi connectivity index (χ2v) is 4.83. The molecule has 92 valence electrons. The summed E-state index contributed by atoms with van der Waals surface area (Å²) in [6, 6.07) is 8.00. The lowest BCUT2D eigenvalue weighted by Gasteiger charge is -2.29. The number of piperidine rings is 1. The number of aliphatic hydroxyl groups excluding tert-OH is 1. The van der Waals surface area contributed by atoms with E-state index in [1.807, 2.05) is 31.2 Å². The van der Waals surface area contributed by atoms with Crippen molar-refractivity contribution < 1.29 is 9.90 Å². The third-order valence-corrected chi connectivity index (χ3v) is 3.37. The van der Waals surface area contributed by atoms with Gasteiger partial charge in [-0.05, 0) is 11.1 Å². The van der Waals surface area contributed by atoms with E-state index in [4.69, 9.17) is 5.11 Å². The number of Topliss-reactive ketones (excluding diaryl/α,β-unsaturated/α-hetero) is 1. The molecule has 1 heterocycles. The third kappa shape index (κ3) is 3.14. The minimum Gasteiger partial charge on any atom is -0.392 e. The van der Waals surface area contributed by atoms with Gasteiger partial charge in [-0.25, -0.2) is 0 Å². The van der Waals surface area contributed by atoms with Crippen LogP contribution in [0.2, 0.25) is 0 Å². The number of rotatable bonds is 3. The molecule has 2 rings (SSSR count). The van der Waals surface area contributed by atoms with Gasteiger partial charge in [0.05, 0.1) is 6.61 Å². The molecule has 3 heteroatoms. The van der Waals surface area contributed by atoms with Gasteiger partial charge < -0.3 is 5.11 Å². The maximum atomic E-state index is 11.4. The zero-order chi connectivity index (χ0) is 12.3. The Morgan fingerprint density at radius 2 is 1.94 bits per heavy atom. The molecule has 1 aliphatic rings. The maximum absolute atomic E-state index is 11.4. The van der Waals surface area contributed by atoms with Crippen LogP contribution in [0.3, 0.4) is 0 Å². The van der Waals surface area contributed by atoms with Crippen molar-refractivity contribution in [2.24, 2.45) is 5.92 Å². The molecular formula is C14H19NO2. The van der Waals surface area contributed by atoms with Crippen LogP contribution in [-0.2, 0) is 17.9 Å². The Bertz CT molecular complexity index is 386. The van der Waals surface area contributed by atoms with Crippen molar-refractivity contribution in [2.75, 3.05) is 13.1 Å². The van der Waals surface area contributed by atoms with Crippen molar-refractivity contribution in [3.63, 3.8) is 0 Å². The minimum atomic E-state index is 0.0928. The van der Waals surface area contributed by atoms with Crippen LogP contribution in [0.5, 0.6) is 0 Å². The topological polar surface area (TPSA) is 40.5 Å². The number of hydrogen-bond acceptors (Lipinski definition) is 3. The highest BCUT2D eigenvalue weighted by atomic mass is 16.3. The molecule has 1 unspecified atom stereocenters. The Balaban J connectivity index is 1.94. The lowest BCUT2D eigenvalue weighted by Crippen LogP contribution is -2.38. The predicted octanol–water partition coefficient (Wildman–Crippen LogP) is 1.59. The number of carbonyl (C=O) groups is 1. The number of carbonyl (C=O) groups excluding carboxylic acids is 1. The van der Waals surface area contributed by atoms with E-state index >= 15 is 0 Å². The van der Waals surface area contributed by atoms with Gasteiger partial charge in [0.2, 0.25) is 0 Å². The van der Waals surface area contributed by atoms with Crippen LogP contribution in [0.25, 0.3) is 0 Å². The van der Waals surface area contributed by atoms with Crippen molar-refractivity contribution in [3.05, 3.63) is 35.4 Å². The number of nitrogens with zero attached hydrogens (tertiary/aromatic N) is 1. The first-order valence-corrected chi connectivity index (χ1v) is 6.13. The van der Waals surface area contributed by atoms with E-state index in [2.05, 4.69) is 4.90 Å². The maximum Gasteiger partial charge on any atom is 0.138 e. The van der Waals surface area contributed by atoms with Crippen molar-refractivity contribution in [1.29, 1.82) is 0 Å². The summed E-state index contributed by atoms with van der Waals surface area (Å²) in [7, 11) is 0. The van der Waals surface area contributed by atoms with Gasteiger partial charge in [-0.1, -0.05) is 31.2 Å². The highest BCUT2D eigenvalue weighted by Gasteiger charge is 2.23. The van der Waals surface area contributed by atoms with Gasteiger partial charge in [0.1, 0.15) is 5.78 Å². The van der Waals surface area contributed by atoms with Crippen LogP contribution in [0.1, 0.15) is 24.5 Å². The standard InChI is InChI=1S/C14H19NO2/c1-11-8-15(7-6-14(11)17)9-12-2-4-13(10-16)5-3-12/h2-5,11,16H,6-10H2,1H3. The molecule has 1 atom stereocenters. The fourth-order valence-electron chi connectivity index (χ4n) is 2.25. The molecule has 0 spiro atoms. The van der Waals surface area contributed by atoms with Crippen LogP contribution in [-0.4, -0.2) is 28.9 Å². The summed E-state index contributed by atoms with van der Waals surface area (Å²) in [4.78, 5) is 13.7. The minimum absolute atomic E-state index is 0.0928. The Morgan fingerprint density at radius 3 is 2.53 bits per heavy atom. The van der Waals surface area contributed by atoms with E-state index < -0.39 is 0 Å². The third-order valence-electron chi connectivity index (χ3n) is 3.37. The lowest BCUT2D eigenvalue weighted by molar-refractivity contribution is -0.125. The van der Waals surface area contributed by atoms with Crippen molar-refractivity contribution >= 4 is 5.78 Å². The summed E-state index contributed by atoms with van der Waals surface area (Å²) in [6.07, 6.45) is 0.676. The molecule has 0 saturated carbocycles. The SMILES string of the molecule is CC1CN(Cc2ccc(CO)cc2)CCC1=O. The summed E-state index contributed by atoms with van der Waals surface area (Å²) >= 11 is 0. The molecule has 0 amide bonds. The molecule has 0 radical (unpaired) electrons. The molecule has 1 aromatic carbocycles. The number of benzene rings is 1. The number of aliphatic hydroxyl groups is 1. The van der Waals surface area contributed by atoms with E-state index in [1.165, 1.54) is 5.56 Å². The Hall–Kier alpha value is -1.19. The molecule has 1 N–H and O–H groups in total. The molecule has 0 bridgehead atoms. The van der Waals surface area contributed by atoms with Crippen LogP contribution < -0.4 is 0 Å². The van der Waals surface area contributed by atoms with Crippen LogP contribution >= 0.6 is 0 Å². The Labute approximate surface area is 102 Å². The first-order chi connectivity index (χ1) is 8.19. The molecule has 3 nitrogen and oxygen atoms in total. The van der Waals surface area contributed by atoms with Gasteiger partial charge in [0.25, 0.3) is 0 Å². The summed E-state index contributed by atoms with van der Waals surface area (Å²) in [5.74, 6) is 0.553. The van der Waals surface area contributed by atoms with E-state index in [0.29, 0.717) is 12.2 Å². The van der Waals surface area contributed by atoms with Gasteiger partial charge in [0.15, 0.2) is 0 Å². The lowest BCUT2D eigenvalue weighted by atomic mass is 9.98. The molecule has 0 aliphatic carbocycles.